The van der Waals surface area contributed by atoms with Crippen LogP contribution in [-0.2, 0) is 0 Å². The Morgan fingerprint density at radius 3 is 2.24 bits per heavy atom. The van der Waals surface area contributed by atoms with Crippen molar-refractivity contribution >= 4 is 5.69 Å². The molecule has 0 aliphatic heterocycles. The first-order valence-corrected chi connectivity index (χ1v) is 6.86. The van der Waals surface area contributed by atoms with Crippen LogP contribution in [0, 0.1) is 11.6 Å². The second kappa shape index (κ2) is 6.22. The fourth-order valence-electron chi connectivity index (χ4n) is 2.30. The molecule has 21 heavy (non-hydrogen) atoms. The van der Waals surface area contributed by atoms with E-state index < -0.39 is 11.9 Å². The molecule has 4 heteroatoms. The van der Waals surface area contributed by atoms with Crippen LogP contribution in [0.1, 0.15) is 37.1 Å². The zero-order valence-electron chi connectivity index (χ0n) is 12.3. The van der Waals surface area contributed by atoms with E-state index in [2.05, 4.69) is 0 Å². The van der Waals surface area contributed by atoms with Crippen LogP contribution in [0.2, 0.25) is 0 Å². The summed E-state index contributed by atoms with van der Waals surface area (Å²) >= 11 is 0. The van der Waals surface area contributed by atoms with Crippen LogP contribution in [0.3, 0.4) is 0 Å². The van der Waals surface area contributed by atoms with Crippen LogP contribution in [0.5, 0.6) is 0 Å². The molecular weight excluding hydrogens is 272 g/mol. The Labute approximate surface area is 123 Å². The highest BCUT2D eigenvalue weighted by molar-refractivity contribution is 5.51. The molecule has 0 saturated heterocycles. The lowest BCUT2D eigenvalue weighted by molar-refractivity contribution is 0.199. The van der Waals surface area contributed by atoms with Gasteiger partial charge in [0.25, 0.3) is 0 Å². The van der Waals surface area contributed by atoms with E-state index in [9.17, 15) is 13.9 Å². The van der Waals surface area contributed by atoms with E-state index >= 15 is 0 Å². The summed E-state index contributed by atoms with van der Waals surface area (Å²) in [5, 5.41) is 9.47. The topological polar surface area (TPSA) is 23.5 Å². The summed E-state index contributed by atoms with van der Waals surface area (Å²) < 4.78 is 28.0. The van der Waals surface area contributed by atoms with Crippen LogP contribution in [0.4, 0.5) is 14.5 Å². The van der Waals surface area contributed by atoms with Crippen LogP contribution in [0.25, 0.3) is 0 Å². The quantitative estimate of drug-likeness (QED) is 0.912. The van der Waals surface area contributed by atoms with Crippen molar-refractivity contribution < 1.29 is 13.9 Å². The molecule has 0 spiro atoms. The minimum absolute atomic E-state index is 0.307. The van der Waals surface area contributed by atoms with Crippen molar-refractivity contribution in [2.24, 2.45) is 0 Å². The molecule has 0 aliphatic rings. The van der Waals surface area contributed by atoms with Gasteiger partial charge in [-0.1, -0.05) is 24.3 Å². The Kier molecular flexibility index (Phi) is 4.58. The molecule has 0 aromatic heterocycles. The highest BCUT2D eigenvalue weighted by atomic mass is 19.1. The molecule has 0 saturated carbocycles. The third kappa shape index (κ3) is 3.22. The number of aliphatic hydroxyl groups is 1. The van der Waals surface area contributed by atoms with Gasteiger partial charge in [0.05, 0.1) is 17.8 Å². The Bertz CT molecular complexity index is 628. The van der Waals surface area contributed by atoms with Gasteiger partial charge in [-0.25, -0.2) is 8.78 Å². The molecule has 0 fully saturated rings. The van der Waals surface area contributed by atoms with Gasteiger partial charge in [-0.3, -0.25) is 0 Å². The molecule has 0 heterocycles. The minimum Gasteiger partial charge on any atom is -0.389 e. The Morgan fingerprint density at radius 2 is 1.67 bits per heavy atom. The summed E-state index contributed by atoms with van der Waals surface area (Å²) in [6.45, 7) is 3.40. The first kappa shape index (κ1) is 15.4. The zero-order valence-corrected chi connectivity index (χ0v) is 12.3. The summed E-state index contributed by atoms with van der Waals surface area (Å²) in [6, 6.07) is 10.8. The van der Waals surface area contributed by atoms with E-state index in [0.29, 0.717) is 16.8 Å². The standard InChI is InChI=1S/C17H19F2NO/c1-11(14-6-4-5-7-15(14)18)20(3)17-9-8-13(12(2)21)10-16(17)19/h4-12,21H,1-3H3/t11?,12-/m1/s1. The maximum atomic E-state index is 14.2. The van der Waals surface area contributed by atoms with Crippen molar-refractivity contribution in [1.82, 2.24) is 0 Å². The zero-order chi connectivity index (χ0) is 15.6. The van der Waals surface area contributed by atoms with Crippen LogP contribution >= 0.6 is 0 Å². The van der Waals surface area contributed by atoms with Gasteiger partial charge in [0, 0.05) is 12.6 Å². The fourth-order valence-corrected chi connectivity index (χ4v) is 2.30. The molecule has 2 rings (SSSR count). The van der Waals surface area contributed by atoms with Gasteiger partial charge in [0.1, 0.15) is 11.6 Å². The fraction of sp³-hybridized carbons (Fsp3) is 0.294. The van der Waals surface area contributed by atoms with Crippen molar-refractivity contribution in [3.05, 3.63) is 65.2 Å². The van der Waals surface area contributed by atoms with E-state index in [1.54, 1.807) is 49.2 Å². The maximum absolute atomic E-state index is 14.2. The number of rotatable bonds is 4. The molecule has 2 aromatic rings. The Morgan fingerprint density at radius 1 is 1.00 bits per heavy atom. The number of benzene rings is 2. The van der Waals surface area contributed by atoms with Crippen molar-refractivity contribution in [3.8, 4) is 0 Å². The van der Waals surface area contributed by atoms with Gasteiger partial charge < -0.3 is 10.0 Å². The number of hydrogen-bond donors (Lipinski definition) is 1. The lowest BCUT2D eigenvalue weighted by Gasteiger charge is -2.28. The highest BCUT2D eigenvalue weighted by Crippen LogP contribution is 2.30. The second-order valence-electron chi connectivity index (χ2n) is 5.20. The van der Waals surface area contributed by atoms with Gasteiger partial charge in [-0.2, -0.15) is 0 Å². The summed E-state index contributed by atoms with van der Waals surface area (Å²) in [6.07, 6.45) is -0.720. The Balaban J connectivity index is 2.32. The van der Waals surface area contributed by atoms with Crippen molar-refractivity contribution in [1.29, 1.82) is 0 Å². The maximum Gasteiger partial charge on any atom is 0.146 e. The molecule has 112 valence electrons. The number of aliphatic hydroxyl groups excluding tert-OH is 1. The smallest absolute Gasteiger partial charge is 0.146 e. The van der Waals surface area contributed by atoms with Gasteiger partial charge in [-0.15, -0.1) is 0 Å². The highest BCUT2D eigenvalue weighted by Gasteiger charge is 2.19. The number of hydrogen-bond acceptors (Lipinski definition) is 2. The Hall–Kier alpha value is -1.94. The predicted octanol–water partition coefficient (Wildman–Crippen LogP) is 4.22. The van der Waals surface area contributed by atoms with Crippen LogP contribution in [0.15, 0.2) is 42.5 Å². The predicted molar refractivity (Wildman–Crippen MR) is 80.3 cm³/mol. The molecule has 0 radical (unpaired) electrons. The number of anilines is 1. The normalized spacial score (nSPS) is 13.8. The molecule has 2 atom stereocenters. The SMILES string of the molecule is CC(c1ccccc1F)N(C)c1ccc([C@@H](C)O)cc1F. The average Bonchev–Trinajstić information content (AvgIpc) is 2.46. The molecule has 1 unspecified atom stereocenters. The molecule has 2 aromatic carbocycles. The van der Waals surface area contributed by atoms with E-state index in [-0.39, 0.29) is 11.9 Å². The second-order valence-corrected chi connectivity index (χ2v) is 5.20. The first-order chi connectivity index (χ1) is 9.91. The molecule has 2 nitrogen and oxygen atoms in total. The van der Waals surface area contributed by atoms with E-state index in [1.165, 1.54) is 12.1 Å². The molecule has 0 amide bonds. The van der Waals surface area contributed by atoms with E-state index in [1.807, 2.05) is 6.92 Å². The van der Waals surface area contributed by atoms with Crippen LogP contribution < -0.4 is 4.90 Å². The van der Waals surface area contributed by atoms with Gasteiger partial charge in [-0.05, 0) is 37.6 Å². The average molecular weight is 291 g/mol. The number of nitrogens with zero attached hydrogens (tertiary/aromatic N) is 1. The summed E-state index contributed by atoms with van der Waals surface area (Å²) in [7, 11) is 1.72. The van der Waals surface area contributed by atoms with Crippen molar-refractivity contribution in [3.63, 3.8) is 0 Å². The van der Waals surface area contributed by atoms with E-state index in [0.717, 1.165) is 0 Å². The molecule has 1 N–H and O–H groups in total. The molecule has 0 aliphatic carbocycles. The van der Waals surface area contributed by atoms with Gasteiger partial charge >= 0.3 is 0 Å². The van der Waals surface area contributed by atoms with E-state index in [4.69, 9.17) is 0 Å². The molecular formula is C17H19F2NO. The number of halogens is 2. The van der Waals surface area contributed by atoms with Crippen molar-refractivity contribution in [2.45, 2.75) is 26.0 Å². The third-order valence-electron chi connectivity index (χ3n) is 3.77. The van der Waals surface area contributed by atoms with Crippen molar-refractivity contribution in [2.75, 3.05) is 11.9 Å². The summed E-state index contributed by atoms with van der Waals surface area (Å²) in [5.74, 6) is -0.739. The summed E-state index contributed by atoms with van der Waals surface area (Å²) in [4.78, 5) is 1.68. The largest absolute Gasteiger partial charge is 0.389 e. The third-order valence-corrected chi connectivity index (χ3v) is 3.77. The molecule has 0 bridgehead atoms. The summed E-state index contributed by atoms with van der Waals surface area (Å²) in [5.41, 5.74) is 1.40. The lowest BCUT2D eigenvalue weighted by Crippen LogP contribution is -2.23. The van der Waals surface area contributed by atoms with Gasteiger partial charge in [0.15, 0.2) is 0 Å². The lowest BCUT2D eigenvalue weighted by atomic mass is 10.0. The monoisotopic (exact) mass is 291 g/mol. The van der Waals surface area contributed by atoms with Crippen LogP contribution in [-0.4, -0.2) is 12.2 Å². The first-order valence-electron chi connectivity index (χ1n) is 6.86. The minimum atomic E-state index is -0.720. The van der Waals surface area contributed by atoms with Gasteiger partial charge in [0.2, 0.25) is 0 Å².